The molecule has 2 atom stereocenters. The van der Waals surface area contributed by atoms with Gasteiger partial charge in [0, 0.05) is 27.8 Å². The molecule has 0 radical (unpaired) electrons. The third kappa shape index (κ3) is 6.21. The standard InChI is InChI=1S/C28H30BrF2NO3/c1-17(2)34-26-23-14-22(32-15-18-6-5-7-21(30)12-18)10-11-25(23)35-28(3,4)27(26)33-16-19-8-9-20(29)13-24(19)31/h5-14,17,26-27,32H,15-16H2,1-4H3. The largest absolute Gasteiger partial charge is 0.485 e. The predicted molar refractivity (Wildman–Crippen MR) is 137 cm³/mol. The Kier molecular flexibility index (Phi) is 7.79. The highest BCUT2D eigenvalue weighted by atomic mass is 79.9. The maximum Gasteiger partial charge on any atom is 0.132 e. The molecular formula is C28H30BrF2NO3. The molecule has 0 saturated heterocycles. The number of fused-ring (bicyclic) bond motifs is 1. The van der Waals surface area contributed by atoms with Crippen LogP contribution in [0.1, 0.15) is 50.5 Å². The SMILES string of the molecule is CC(C)OC1c2cc(NCc3cccc(F)c3)ccc2OC(C)(C)C1OCc1ccc(Br)cc1F. The van der Waals surface area contributed by atoms with Crippen LogP contribution in [-0.2, 0) is 22.6 Å². The maximum atomic E-state index is 14.4. The summed E-state index contributed by atoms with van der Waals surface area (Å²) in [7, 11) is 0. The first-order chi connectivity index (χ1) is 16.6. The lowest BCUT2D eigenvalue weighted by atomic mass is 9.87. The Labute approximate surface area is 213 Å². The highest BCUT2D eigenvalue weighted by molar-refractivity contribution is 9.10. The molecule has 1 aliphatic heterocycles. The lowest BCUT2D eigenvalue weighted by Crippen LogP contribution is -2.51. The predicted octanol–water partition coefficient (Wildman–Crippen LogP) is 7.56. The first-order valence-electron chi connectivity index (χ1n) is 11.6. The Balaban J connectivity index is 1.59. The van der Waals surface area contributed by atoms with Crippen LogP contribution in [0.2, 0.25) is 0 Å². The van der Waals surface area contributed by atoms with Gasteiger partial charge < -0.3 is 19.5 Å². The molecule has 186 valence electrons. The van der Waals surface area contributed by atoms with Crippen LogP contribution < -0.4 is 10.1 Å². The van der Waals surface area contributed by atoms with Crippen molar-refractivity contribution >= 4 is 21.6 Å². The summed E-state index contributed by atoms with van der Waals surface area (Å²) in [5.74, 6) is 0.115. The summed E-state index contributed by atoms with van der Waals surface area (Å²) >= 11 is 3.29. The van der Waals surface area contributed by atoms with Gasteiger partial charge in [0.2, 0.25) is 0 Å². The first kappa shape index (κ1) is 25.6. The quantitative estimate of drug-likeness (QED) is 0.317. The summed E-state index contributed by atoms with van der Waals surface area (Å²) in [6.07, 6.45) is -0.983. The Morgan fingerprint density at radius 2 is 1.86 bits per heavy atom. The van der Waals surface area contributed by atoms with Crippen molar-refractivity contribution in [3.05, 3.63) is 93.5 Å². The number of rotatable bonds is 8. The number of halogens is 3. The summed E-state index contributed by atoms with van der Waals surface area (Å²) in [5, 5.41) is 3.35. The van der Waals surface area contributed by atoms with Crippen LogP contribution in [0, 0.1) is 11.6 Å². The molecule has 2 unspecified atom stereocenters. The molecular weight excluding hydrogens is 516 g/mol. The summed E-state index contributed by atoms with van der Waals surface area (Å²) in [5.41, 5.74) is 2.29. The molecule has 0 spiro atoms. The van der Waals surface area contributed by atoms with E-state index in [0.717, 1.165) is 16.8 Å². The average Bonchev–Trinajstić information content (AvgIpc) is 2.78. The second-order valence-electron chi connectivity index (χ2n) is 9.51. The summed E-state index contributed by atoms with van der Waals surface area (Å²) in [6, 6.07) is 17.2. The van der Waals surface area contributed by atoms with E-state index < -0.39 is 17.8 Å². The Morgan fingerprint density at radius 1 is 1.06 bits per heavy atom. The molecule has 1 aliphatic rings. The van der Waals surface area contributed by atoms with Crippen LogP contribution >= 0.6 is 15.9 Å². The van der Waals surface area contributed by atoms with E-state index in [4.69, 9.17) is 14.2 Å². The van der Waals surface area contributed by atoms with Crippen molar-refractivity contribution < 1.29 is 23.0 Å². The smallest absolute Gasteiger partial charge is 0.132 e. The van der Waals surface area contributed by atoms with Crippen LogP contribution in [0.25, 0.3) is 0 Å². The minimum absolute atomic E-state index is 0.0684. The third-order valence-electron chi connectivity index (χ3n) is 5.89. The van der Waals surface area contributed by atoms with Crippen LogP contribution in [0.15, 0.2) is 65.1 Å². The van der Waals surface area contributed by atoms with Crippen molar-refractivity contribution in [2.45, 2.75) is 64.8 Å². The molecule has 7 heteroatoms. The van der Waals surface area contributed by atoms with Gasteiger partial charge in [-0.3, -0.25) is 0 Å². The lowest BCUT2D eigenvalue weighted by Gasteiger charge is -2.45. The number of hydrogen-bond acceptors (Lipinski definition) is 4. The molecule has 0 saturated carbocycles. The van der Waals surface area contributed by atoms with Gasteiger partial charge in [0.05, 0.1) is 12.7 Å². The van der Waals surface area contributed by atoms with Crippen molar-refractivity contribution in [1.29, 1.82) is 0 Å². The number of hydrogen-bond donors (Lipinski definition) is 1. The fraction of sp³-hybridized carbons (Fsp3) is 0.357. The van der Waals surface area contributed by atoms with E-state index in [-0.39, 0.29) is 24.3 Å². The lowest BCUT2D eigenvalue weighted by molar-refractivity contribution is -0.177. The van der Waals surface area contributed by atoms with Crippen molar-refractivity contribution in [1.82, 2.24) is 0 Å². The fourth-order valence-electron chi connectivity index (χ4n) is 4.24. The highest BCUT2D eigenvalue weighted by Crippen LogP contribution is 2.45. The van der Waals surface area contributed by atoms with Crippen LogP contribution in [0.5, 0.6) is 5.75 Å². The number of ether oxygens (including phenoxy) is 3. The minimum Gasteiger partial charge on any atom is -0.485 e. The van der Waals surface area contributed by atoms with Gasteiger partial charge in [-0.05, 0) is 75.7 Å². The highest BCUT2D eigenvalue weighted by Gasteiger charge is 2.46. The van der Waals surface area contributed by atoms with Gasteiger partial charge in [-0.1, -0.05) is 34.1 Å². The summed E-state index contributed by atoms with van der Waals surface area (Å²) < 4.78 is 47.6. The molecule has 0 fully saturated rings. The van der Waals surface area contributed by atoms with Crippen molar-refractivity contribution in [3.8, 4) is 5.75 Å². The van der Waals surface area contributed by atoms with E-state index in [2.05, 4.69) is 21.2 Å². The second-order valence-corrected chi connectivity index (χ2v) is 10.4. The Bertz CT molecular complexity index is 1180. The van der Waals surface area contributed by atoms with E-state index in [1.807, 2.05) is 52.0 Å². The fourth-order valence-corrected chi connectivity index (χ4v) is 4.57. The monoisotopic (exact) mass is 545 g/mol. The van der Waals surface area contributed by atoms with Gasteiger partial charge in [-0.15, -0.1) is 0 Å². The molecule has 0 amide bonds. The van der Waals surface area contributed by atoms with E-state index in [9.17, 15) is 8.78 Å². The summed E-state index contributed by atoms with van der Waals surface area (Å²) in [6.45, 7) is 8.40. The number of anilines is 1. The van der Waals surface area contributed by atoms with Crippen LogP contribution in [-0.4, -0.2) is 17.8 Å². The first-order valence-corrected chi connectivity index (χ1v) is 12.4. The number of benzene rings is 3. The van der Waals surface area contributed by atoms with Gasteiger partial charge in [-0.2, -0.15) is 0 Å². The zero-order chi connectivity index (χ0) is 25.2. The molecule has 0 bridgehead atoms. The minimum atomic E-state index is -0.713. The van der Waals surface area contributed by atoms with E-state index in [0.29, 0.717) is 22.3 Å². The molecule has 0 aromatic heterocycles. The van der Waals surface area contributed by atoms with Gasteiger partial charge in [0.1, 0.15) is 35.2 Å². The Morgan fingerprint density at radius 3 is 2.57 bits per heavy atom. The van der Waals surface area contributed by atoms with E-state index in [1.165, 1.54) is 18.2 Å². The average molecular weight is 546 g/mol. The topological polar surface area (TPSA) is 39.7 Å². The van der Waals surface area contributed by atoms with Gasteiger partial charge >= 0.3 is 0 Å². The third-order valence-corrected chi connectivity index (χ3v) is 6.38. The zero-order valence-corrected chi connectivity index (χ0v) is 21.9. The van der Waals surface area contributed by atoms with Gasteiger partial charge in [0.15, 0.2) is 0 Å². The summed E-state index contributed by atoms with van der Waals surface area (Å²) in [4.78, 5) is 0. The Hall–Kier alpha value is -2.48. The molecule has 1 N–H and O–H groups in total. The zero-order valence-electron chi connectivity index (χ0n) is 20.3. The second kappa shape index (κ2) is 10.6. The number of nitrogens with one attached hydrogen (secondary N) is 1. The molecule has 3 aromatic rings. The maximum absolute atomic E-state index is 14.4. The molecule has 1 heterocycles. The molecule has 35 heavy (non-hydrogen) atoms. The van der Waals surface area contributed by atoms with Gasteiger partial charge in [-0.25, -0.2) is 8.78 Å². The van der Waals surface area contributed by atoms with Gasteiger partial charge in [0.25, 0.3) is 0 Å². The van der Waals surface area contributed by atoms with Crippen molar-refractivity contribution in [3.63, 3.8) is 0 Å². The normalized spacial score (nSPS) is 18.7. The molecule has 4 nitrogen and oxygen atoms in total. The van der Waals surface area contributed by atoms with E-state index >= 15 is 0 Å². The van der Waals surface area contributed by atoms with E-state index in [1.54, 1.807) is 18.2 Å². The van der Waals surface area contributed by atoms with Crippen molar-refractivity contribution in [2.24, 2.45) is 0 Å². The molecule has 4 rings (SSSR count). The molecule has 0 aliphatic carbocycles. The van der Waals surface area contributed by atoms with Crippen molar-refractivity contribution in [2.75, 3.05) is 5.32 Å². The molecule has 3 aromatic carbocycles. The van der Waals surface area contributed by atoms with Crippen LogP contribution in [0.3, 0.4) is 0 Å². The van der Waals surface area contributed by atoms with Crippen LogP contribution in [0.4, 0.5) is 14.5 Å².